The molecule has 0 aromatic rings. The summed E-state index contributed by atoms with van der Waals surface area (Å²) in [7, 11) is 0. The van der Waals surface area contributed by atoms with E-state index in [1.54, 1.807) is 6.08 Å². The third kappa shape index (κ3) is 49.4. The fraction of sp³-hybridized carbons (Fsp3) is 0.892. The lowest BCUT2D eigenvalue weighted by atomic mass is 9.99. The van der Waals surface area contributed by atoms with Crippen molar-refractivity contribution in [1.29, 1.82) is 0 Å². The molecule has 8 atom stereocenters. The Morgan fingerprint density at radius 1 is 0.447 bits per heavy atom. The Balaban J connectivity index is 2.55. The fourth-order valence-electron chi connectivity index (χ4n) is 11.7. The summed E-state index contributed by atoms with van der Waals surface area (Å²) in [5, 5.41) is 57.3. The van der Waals surface area contributed by atoms with E-state index in [9.17, 15) is 35.1 Å². The van der Waals surface area contributed by atoms with Crippen molar-refractivity contribution in [3.63, 3.8) is 0 Å². The van der Waals surface area contributed by atoms with Gasteiger partial charge in [-0.15, -0.1) is 0 Å². The highest BCUT2D eigenvalue weighted by molar-refractivity contribution is 5.80. The minimum absolute atomic E-state index is 0.122. The smallest absolute Gasteiger partial charge is 0.306 e. The van der Waals surface area contributed by atoms with Crippen LogP contribution in [0.1, 0.15) is 361 Å². The number of nitrogens with one attached hydrogen (secondary N) is 1. The Bertz CT molecular complexity index is 1520. The molecule has 8 unspecified atom stereocenters. The molecule has 0 aromatic carbocycles. The van der Waals surface area contributed by atoms with E-state index >= 15 is 0 Å². The van der Waals surface area contributed by atoms with Crippen molar-refractivity contribution in [3.8, 4) is 0 Å². The SMILES string of the molecule is CCCCCCCC/C=C/CCCCCCCCCCCCCCCCCCC(O)C(=O)NC(COC1OC(CO)C(O)C(O)C1OC(=O)CCCCCCCCC/C=C/CCCCCCCC)C(O)/C=C/CCCCCCCCCCCCC. The van der Waals surface area contributed by atoms with Gasteiger partial charge in [0.2, 0.25) is 5.91 Å². The number of unbranched alkanes of at least 4 members (excludes halogenated alkanes) is 46. The van der Waals surface area contributed by atoms with Crippen molar-refractivity contribution in [3.05, 3.63) is 36.5 Å². The van der Waals surface area contributed by atoms with Crippen molar-refractivity contribution in [1.82, 2.24) is 5.32 Å². The first-order valence-corrected chi connectivity index (χ1v) is 36.8. The van der Waals surface area contributed by atoms with Gasteiger partial charge in [-0.25, -0.2) is 0 Å². The molecule has 1 fully saturated rings. The van der Waals surface area contributed by atoms with E-state index in [1.807, 2.05) is 6.08 Å². The zero-order valence-electron chi connectivity index (χ0n) is 55.8. The Kier molecular flexibility index (Phi) is 59.1. The molecule has 0 aromatic heterocycles. The summed E-state index contributed by atoms with van der Waals surface area (Å²) in [5.74, 6) is -1.18. The van der Waals surface area contributed by atoms with Gasteiger partial charge in [-0.1, -0.05) is 314 Å². The van der Waals surface area contributed by atoms with Crippen LogP contribution in [0, 0.1) is 0 Å². The second-order valence-corrected chi connectivity index (χ2v) is 25.7. The van der Waals surface area contributed by atoms with Crippen molar-refractivity contribution in [2.75, 3.05) is 13.2 Å². The first kappa shape index (κ1) is 80.9. The molecule has 1 heterocycles. The van der Waals surface area contributed by atoms with Crippen molar-refractivity contribution in [2.24, 2.45) is 0 Å². The number of hydrogen-bond acceptors (Lipinski definition) is 10. The maximum Gasteiger partial charge on any atom is 0.306 e. The molecule has 0 spiro atoms. The number of ether oxygens (including phenoxy) is 3. The summed E-state index contributed by atoms with van der Waals surface area (Å²) in [6.45, 7) is 5.84. The van der Waals surface area contributed by atoms with E-state index in [0.29, 0.717) is 19.3 Å². The summed E-state index contributed by atoms with van der Waals surface area (Å²) < 4.78 is 17.7. The van der Waals surface area contributed by atoms with Gasteiger partial charge < -0.3 is 45.1 Å². The molecule has 0 aliphatic carbocycles. The van der Waals surface area contributed by atoms with Crippen molar-refractivity contribution >= 4 is 11.9 Å². The number of rotatable bonds is 64. The minimum Gasteiger partial charge on any atom is -0.454 e. The highest BCUT2D eigenvalue weighted by atomic mass is 16.7. The van der Waals surface area contributed by atoms with Crippen molar-refractivity contribution < 1.29 is 49.3 Å². The van der Waals surface area contributed by atoms with E-state index in [-0.39, 0.29) is 13.0 Å². The summed E-state index contributed by atoms with van der Waals surface area (Å²) in [5.41, 5.74) is 0. The van der Waals surface area contributed by atoms with E-state index in [2.05, 4.69) is 50.4 Å². The average molecular weight is 1200 g/mol. The highest BCUT2D eigenvalue weighted by Gasteiger charge is 2.47. The Morgan fingerprint density at radius 3 is 1.14 bits per heavy atom. The number of amides is 1. The number of aliphatic hydroxyl groups excluding tert-OH is 5. The molecule has 1 amide bonds. The quantitative estimate of drug-likeness (QED) is 0.0195. The van der Waals surface area contributed by atoms with Crippen molar-refractivity contribution in [2.45, 2.75) is 410 Å². The van der Waals surface area contributed by atoms with Crippen LogP contribution < -0.4 is 5.32 Å². The molecular weight excluding hydrogens is 1060 g/mol. The number of carbonyl (C=O) groups is 2. The van der Waals surface area contributed by atoms with Gasteiger partial charge in [0.1, 0.15) is 24.4 Å². The third-order valence-corrected chi connectivity index (χ3v) is 17.5. The fourth-order valence-corrected chi connectivity index (χ4v) is 11.7. The van der Waals surface area contributed by atoms with Gasteiger partial charge in [0, 0.05) is 6.42 Å². The molecular formula is C74H139NO10. The average Bonchev–Trinajstić information content (AvgIpc) is 3.22. The lowest BCUT2D eigenvalue weighted by Crippen LogP contribution is -2.61. The number of carbonyl (C=O) groups excluding carboxylic acids is 2. The van der Waals surface area contributed by atoms with Crippen LogP contribution in [-0.4, -0.2) is 99.6 Å². The van der Waals surface area contributed by atoms with E-state index in [4.69, 9.17) is 14.2 Å². The largest absolute Gasteiger partial charge is 0.454 e. The molecule has 1 rings (SSSR count). The first-order chi connectivity index (χ1) is 41.7. The molecule has 500 valence electrons. The zero-order valence-corrected chi connectivity index (χ0v) is 55.8. The molecule has 0 bridgehead atoms. The lowest BCUT2D eigenvalue weighted by Gasteiger charge is -2.41. The maximum absolute atomic E-state index is 13.5. The molecule has 1 saturated heterocycles. The second-order valence-electron chi connectivity index (χ2n) is 25.7. The standard InChI is InChI=1S/C74H139NO10/c1-4-7-10-13-16-19-22-25-27-29-30-31-32-33-34-35-36-37-39-40-43-46-49-52-55-58-61-67(78)73(82)75-65(66(77)60-57-54-51-48-45-42-24-21-18-15-12-9-6-3)64-83-74-72(71(81)70(80)68(63-76)84-74)85-69(79)62-59-56-53-50-47-44-41-38-28-26-23-20-17-14-11-8-5-2/h25-28,57,60,65-68,70-72,74,76-78,80-81H,4-24,29-56,58-59,61-64H2,1-3H3,(H,75,82)/b27-25+,28-26+,60-57+. The van der Waals surface area contributed by atoms with E-state index < -0.39 is 67.4 Å². The minimum atomic E-state index is -1.61. The van der Waals surface area contributed by atoms with Gasteiger partial charge in [0.25, 0.3) is 0 Å². The highest BCUT2D eigenvalue weighted by Crippen LogP contribution is 2.26. The topological polar surface area (TPSA) is 175 Å². The molecule has 0 saturated carbocycles. The summed E-state index contributed by atoms with van der Waals surface area (Å²) in [6.07, 6.45) is 66.2. The Labute approximate surface area is 523 Å². The molecule has 6 N–H and O–H groups in total. The third-order valence-electron chi connectivity index (χ3n) is 17.5. The normalized spacial score (nSPS) is 18.5. The van der Waals surface area contributed by atoms with Gasteiger partial charge in [-0.2, -0.15) is 0 Å². The van der Waals surface area contributed by atoms with Crippen LogP contribution in [0.2, 0.25) is 0 Å². The Morgan fingerprint density at radius 2 is 0.776 bits per heavy atom. The summed E-state index contributed by atoms with van der Waals surface area (Å²) in [6, 6.07) is -1.02. The predicted molar refractivity (Wildman–Crippen MR) is 357 cm³/mol. The van der Waals surface area contributed by atoms with E-state index in [0.717, 1.165) is 70.6 Å². The van der Waals surface area contributed by atoms with Crippen LogP contribution >= 0.6 is 0 Å². The van der Waals surface area contributed by atoms with Crippen LogP contribution in [-0.2, 0) is 23.8 Å². The predicted octanol–water partition coefficient (Wildman–Crippen LogP) is 19.0. The summed E-state index contributed by atoms with van der Waals surface area (Å²) in [4.78, 5) is 26.7. The summed E-state index contributed by atoms with van der Waals surface area (Å²) >= 11 is 0. The maximum atomic E-state index is 13.5. The van der Waals surface area contributed by atoms with Crippen LogP contribution in [0.4, 0.5) is 0 Å². The van der Waals surface area contributed by atoms with Crippen LogP contribution in [0.25, 0.3) is 0 Å². The van der Waals surface area contributed by atoms with Crippen LogP contribution in [0.5, 0.6) is 0 Å². The molecule has 11 nitrogen and oxygen atoms in total. The first-order valence-electron chi connectivity index (χ1n) is 36.8. The number of allylic oxidation sites excluding steroid dienone is 5. The van der Waals surface area contributed by atoms with Gasteiger partial charge >= 0.3 is 5.97 Å². The number of hydrogen-bond donors (Lipinski definition) is 6. The van der Waals surface area contributed by atoms with Gasteiger partial charge in [0.15, 0.2) is 12.4 Å². The van der Waals surface area contributed by atoms with E-state index in [1.165, 1.54) is 244 Å². The van der Waals surface area contributed by atoms with Gasteiger partial charge in [0.05, 0.1) is 25.4 Å². The number of aliphatic hydroxyl groups is 5. The lowest BCUT2D eigenvalue weighted by molar-refractivity contribution is -0.305. The molecule has 11 heteroatoms. The monoisotopic (exact) mass is 1200 g/mol. The Hall–Kier alpha value is -2.12. The number of esters is 1. The molecule has 1 aliphatic rings. The van der Waals surface area contributed by atoms with Crippen LogP contribution in [0.3, 0.4) is 0 Å². The van der Waals surface area contributed by atoms with Crippen LogP contribution in [0.15, 0.2) is 36.5 Å². The van der Waals surface area contributed by atoms with Gasteiger partial charge in [-0.3, -0.25) is 9.59 Å². The zero-order chi connectivity index (χ0) is 61.7. The second kappa shape index (κ2) is 62.1. The molecule has 85 heavy (non-hydrogen) atoms. The van der Waals surface area contributed by atoms with Gasteiger partial charge in [-0.05, 0) is 77.0 Å². The molecule has 0 radical (unpaired) electrons. The molecule has 1 aliphatic heterocycles.